The second-order valence-corrected chi connectivity index (χ2v) is 9.01. The molecule has 2 aromatic rings. The van der Waals surface area contributed by atoms with Crippen LogP contribution >= 0.6 is 0 Å². The standard InChI is InChI=1S/C21H23NO3S/c1-4-16-7-9-17(10-8-16)19-20(21(19,13-22)14-25-3)26(23,24)18-11-5-15(2)6-12-18/h5-12,19-20H,4,14H2,1-3H3/t19-,20-,21-/m0/s1. The van der Waals surface area contributed by atoms with Crippen LogP contribution in [-0.2, 0) is 21.0 Å². The molecule has 3 atom stereocenters. The lowest BCUT2D eigenvalue weighted by Gasteiger charge is -2.08. The highest BCUT2D eigenvalue weighted by atomic mass is 32.2. The predicted octanol–water partition coefficient (Wildman–Crippen LogP) is 3.65. The van der Waals surface area contributed by atoms with E-state index in [9.17, 15) is 13.7 Å². The number of rotatable bonds is 6. The van der Waals surface area contributed by atoms with Crippen molar-refractivity contribution in [3.05, 3.63) is 65.2 Å². The molecule has 0 unspecified atom stereocenters. The topological polar surface area (TPSA) is 67.2 Å². The van der Waals surface area contributed by atoms with Crippen LogP contribution in [0.4, 0.5) is 0 Å². The third kappa shape index (κ3) is 2.94. The molecular weight excluding hydrogens is 346 g/mol. The van der Waals surface area contributed by atoms with Crippen molar-refractivity contribution in [3.63, 3.8) is 0 Å². The van der Waals surface area contributed by atoms with Gasteiger partial charge >= 0.3 is 0 Å². The maximum Gasteiger partial charge on any atom is 0.183 e. The molecule has 4 nitrogen and oxygen atoms in total. The summed E-state index contributed by atoms with van der Waals surface area (Å²) in [6.45, 7) is 4.08. The lowest BCUT2D eigenvalue weighted by molar-refractivity contribution is 0.162. The first kappa shape index (κ1) is 18.6. The summed E-state index contributed by atoms with van der Waals surface area (Å²) in [5, 5.41) is 9.05. The third-order valence-electron chi connectivity index (χ3n) is 5.28. The molecule has 136 valence electrons. The highest BCUT2D eigenvalue weighted by molar-refractivity contribution is 7.92. The Morgan fingerprint density at radius 3 is 2.23 bits per heavy atom. The van der Waals surface area contributed by atoms with Gasteiger partial charge < -0.3 is 4.74 Å². The molecule has 1 fully saturated rings. The minimum Gasteiger partial charge on any atom is -0.383 e. The number of sulfone groups is 1. The van der Waals surface area contributed by atoms with Crippen molar-refractivity contribution in [3.8, 4) is 6.07 Å². The van der Waals surface area contributed by atoms with Crippen LogP contribution in [0.25, 0.3) is 0 Å². The van der Waals surface area contributed by atoms with Crippen LogP contribution in [0.5, 0.6) is 0 Å². The largest absolute Gasteiger partial charge is 0.383 e. The van der Waals surface area contributed by atoms with Gasteiger partial charge in [-0.2, -0.15) is 5.26 Å². The van der Waals surface area contributed by atoms with Crippen molar-refractivity contribution in [1.82, 2.24) is 0 Å². The molecule has 3 rings (SSSR count). The zero-order chi connectivity index (χ0) is 18.9. The zero-order valence-corrected chi connectivity index (χ0v) is 16.1. The van der Waals surface area contributed by atoms with Gasteiger partial charge in [-0.25, -0.2) is 8.42 Å². The summed E-state index contributed by atoms with van der Waals surface area (Å²) in [4.78, 5) is 0.261. The first-order valence-electron chi connectivity index (χ1n) is 8.70. The van der Waals surface area contributed by atoms with E-state index in [1.54, 1.807) is 24.3 Å². The average molecular weight is 369 g/mol. The minimum atomic E-state index is -3.64. The zero-order valence-electron chi connectivity index (χ0n) is 15.3. The van der Waals surface area contributed by atoms with E-state index in [-0.39, 0.29) is 17.4 Å². The van der Waals surface area contributed by atoms with Gasteiger partial charge in [-0.3, -0.25) is 0 Å². The lowest BCUT2D eigenvalue weighted by Crippen LogP contribution is -2.19. The fraction of sp³-hybridized carbons (Fsp3) is 0.381. The summed E-state index contributed by atoms with van der Waals surface area (Å²) >= 11 is 0. The van der Waals surface area contributed by atoms with E-state index in [2.05, 4.69) is 13.0 Å². The van der Waals surface area contributed by atoms with Crippen molar-refractivity contribution >= 4 is 9.84 Å². The predicted molar refractivity (Wildman–Crippen MR) is 101 cm³/mol. The Morgan fingerprint density at radius 1 is 1.12 bits per heavy atom. The molecule has 0 bridgehead atoms. The Morgan fingerprint density at radius 2 is 1.73 bits per heavy atom. The van der Waals surface area contributed by atoms with Crippen LogP contribution in [0.2, 0.25) is 0 Å². The van der Waals surface area contributed by atoms with Gasteiger partial charge in [-0.05, 0) is 36.6 Å². The normalized spacial score (nSPS) is 24.8. The molecule has 0 aliphatic heterocycles. The van der Waals surface area contributed by atoms with Crippen molar-refractivity contribution < 1.29 is 13.2 Å². The molecule has 5 heteroatoms. The molecule has 0 spiro atoms. The quantitative estimate of drug-likeness (QED) is 0.779. The van der Waals surface area contributed by atoms with E-state index in [1.165, 1.54) is 12.7 Å². The van der Waals surface area contributed by atoms with Gasteiger partial charge in [-0.15, -0.1) is 0 Å². The van der Waals surface area contributed by atoms with Crippen LogP contribution in [0.15, 0.2) is 53.4 Å². The van der Waals surface area contributed by atoms with Crippen molar-refractivity contribution in [2.24, 2.45) is 5.41 Å². The summed E-state index contributed by atoms with van der Waals surface area (Å²) in [5.41, 5.74) is 2.00. The maximum atomic E-state index is 13.3. The lowest BCUT2D eigenvalue weighted by atomic mass is 10.00. The Hall–Kier alpha value is -2.16. The van der Waals surface area contributed by atoms with E-state index in [0.29, 0.717) is 0 Å². The molecule has 1 aliphatic carbocycles. The molecule has 26 heavy (non-hydrogen) atoms. The third-order valence-corrected chi connectivity index (χ3v) is 7.57. The highest BCUT2D eigenvalue weighted by Gasteiger charge is 2.72. The fourth-order valence-corrected chi connectivity index (χ4v) is 6.05. The number of nitriles is 1. The Balaban J connectivity index is 2.05. The number of nitrogens with zero attached hydrogens (tertiary/aromatic N) is 1. The Kier molecular flexibility index (Phi) is 4.92. The molecule has 0 radical (unpaired) electrons. The van der Waals surface area contributed by atoms with Gasteiger partial charge in [0.2, 0.25) is 0 Å². The Labute approximate surface area is 155 Å². The van der Waals surface area contributed by atoms with E-state index >= 15 is 0 Å². The maximum absolute atomic E-state index is 13.3. The fourth-order valence-electron chi connectivity index (χ4n) is 3.74. The molecule has 2 aromatic carbocycles. The monoisotopic (exact) mass is 369 g/mol. The SMILES string of the molecule is CCc1ccc([C@H]2[C@H](S(=O)(=O)c3ccc(C)cc3)[C@@]2(C#N)COC)cc1. The van der Waals surface area contributed by atoms with Crippen LogP contribution in [0, 0.1) is 23.7 Å². The van der Waals surface area contributed by atoms with Gasteiger partial charge in [0.1, 0.15) is 5.41 Å². The molecule has 0 aromatic heterocycles. The van der Waals surface area contributed by atoms with E-state index in [0.717, 1.165) is 17.5 Å². The van der Waals surface area contributed by atoms with E-state index in [4.69, 9.17) is 4.74 Å². The molecular formula is C21H23NO3S. The van der Waals surface area contributed by atoms with E-state index in [1.807, 2.05) is 31.2 Å². The number of aryl methyl sites for hydroxylation is 2. The van der Waals surface area contributed by atoms with Crippen LogP contribution in [-0.4, -0.2) is 27.4 Å². The Bertz CT molecular complexity index is 927. The summed E-state index contributed by atoms with van der Waals surface area (Å²) in [5.74, 6) is -0.385. The van der Waals surface area contributed by atoms with Crippen LogP contribution < -0.4 is 0 Å². The van der Waals surface area contributed by atoms with Gasteiger partial charge in [0.25, 0.3) is 0 Å². The highest BCUT2D eigenvalue weighted by Crippen LogP contribution is 2.63. The van der Waals surface area contributed by atoms with Crippen LogP contribution in [0.1, 0.15) is 29.5 Å². The molecule has 0 heterocycles. The van der Waals surface area contributed by atoms with Gasteiger partial charge in [-0.1, -0.05) is 48.9 Å². The first-order chi connectivity index (χ1) is 12.4. The molecule has 1 aliphatic rings. The number of methoxy groups -OCH3 is 1. The van der Waals surface area contributed by atoms with Gasteiger partial charge in [0.05, 0.1) is 22.8 Å². The number of ether oxygens (including phenoxy) is 1. The van der Waals surface area contributed by atoms with Crippen molar-refractivity contribution in [1.29, 1.82) is 5.26 Å². The number of benzene rings is 2. The summed E-state index contributed by atoms with van der Waals surface area (Å²) in [6.07, 6.45) is 0.914. The summed E-state index contributed by atoms with van der Waals surface area (Å²) in [6, 6.07) is 16.9. The van der Waals surface area contributed by atoms with Crippen molar-refractivity contribution in [2.45, 2.75) is 36.3 Å². The van der Waals surface area contributed by atoms with Gasteiger partial charge in [0, 0.05) is 13.0 Å². The smallest absolute Gasteiger partial charge is 0.183 e. The molecule has 0 N–H and O–H groups in total. The number of hydrogen-bond acceptors (Lipinski definition) is 4. The number of hydrogen-bond donors (Lipinski definition) is 0. The first-order valence-corrected chi connectivity index (χ1v) is 10.2. The molecule has 1 saturated carbocycles. The van der Waals surface area contributed by atoms with Gasteiger partial charge in [0.15, 0.2) is 9.84 Å². The van der Waals surface area contributed by atoms with Crippen molar-refractivity contribution in [2.75, 3.05) is 13.7 Å². The molecule has 0 saturated heterocycles. The average Bonchev–Trinajstić information content (AvgIpc) is 3.32. The van der Waals surface area contributed by atoms with E-state index < -0.39 is 20.5 Å². The molecule has 0 amide bonds. The summed E-state index contributed by atoms with van der Waals surface area (Å²) < 4.78 is 31.8. The second-order valence-electron chi connectivity index (χ2n) is 6.94. The second kappa shape index (κ2) is 6.86. The summed E-state index contributed by atoms with van der Waals surface area (Å²) in [7, 11) is -2.14. The minimum absolute atomic E-state index is 0.0967. The van der Waals surface area contributed by atoms with Crippen LogP contribution in [0.3, 0.4) is 0 Å².